The lowest BCUT2D eigenvalue weighted by Crippen LogP contribution is -2.64. The lowest BCUT2D eigenvalue weighted by Gasteiger charge is -2.40. The summed E-state index contributed by atoms with van der Waals surface area (Å²) in [4.78, 5) is 45.4. The van der Waals surface area contributed by atoms with Crippen molar-refractivity contribution in [3.8, 4) is 0 Å². The van der Waals surface area contributed by atoms with Crippen molar-refractivity contribution in [1.29, 1.82) is 0 Å². The highest BCUT2D eigenvalue weighted by atomic mass is 32.2. The fourth-order valence-electron chi connectivity index (χ4n) is 2.93. The van der Waals surface area contributed by atoms with Gasteiger partial charge in [0.1, 0.15) is 0 Å². The first-order chi connectivity index (χ1) is 11.9. The minimum atomic E-state index is -0.596. The van der Waals surface area contributed by atoms with Gasteiger partial charge in [-0.2, -0.15) is 0 Å². The maximum absolute atomic E-state index is 12.9. The third kappa shape index (κ3) is 3.19. The van der Waals surface area contributed by atoms with Crippen LogP contribution >= 0.6 is 11.8 Å². The number of likely N-dealkylation sites (N-methyl/N-ethyl adjacent to an activating group) is 2. The van der Waals surface area contributed by atoms with Crippen molar-refractivity contribution in [2.24, 2.45) is 10.7 Å². The second kappa shape index (κ2) is 6.75. The fourth-order valence-corrected chi connectivity index (χ4v) is 3.70. The zero-order chi connectivity index (χ0) is 18.1. The van der Waals surface area contributed by atoms with Crippen molar-refractivity contribution < 1.29 is 14.4 Å². The molecular formula is C16H19N5O3S. The molecule has 3 rings (SSSR count). The quantitative estimate of drug-likeness (QED) is 0.831. The zero-order valence-electron chi connectivity index (χ0n) is 14.0. The lowest BCUT2D eigenvalue weighted by molar-refractivity contribution is -0.137. The average Bonchev–Trinajstić information content (AvgIpc) is 2.93. The molecule has 1 aromatic carbocycles. The number of rotatable bonds is 4. The van der Waals surface area contributed by atoms with Crippen LogP contribution in [0.15, 0.2) is 35.3 Å². The SMILES string of the molecule is CN1C(=O)N(Cc2ccccc2)C(=O)C2C1N=C(SCC(N)=O)N2C. The summed E-state index contributed by atoms with van der Waals surface area (Å²) in [6.07, 6.45) is -0.590. The molecule has 4 amide bonds. The molecule has 1 fully saturated rings. The van der Waals surface area contributed by atoms with E-state index in [1.54, 1.807) is 19.0 Å². The number of thioether (sulfide) groups is 1. The van der Waals surface area contributed by atoms with Crippen LogP contribution in [0.1, 0.15) is 5.56 Å². The van der Waals surface area contributed by atoms with Crippen molar-refractivity contribution >= 4 is 34.8 Å². The van der Waals surface area contributed by atoms with Gasteiger partial charge < -0.3 is 15.5 Å². The summed E-state index contributed by atoms with van der Waals surface area (Å²) in [6, 6.07) is 8.38. The van der Waals surface area contributed by atoms with Crippen molar-refractivity contribution in [2.45, 2.75) is 18.8 Å². The van der Waals surface area contributed by atoms with E-state index in [4.69, 9.17) is 5.73 Å². The monoisotopic (exact) mass is 361 g/mol. The van der Waals surface area contributed by atoms with E-state index in [0.717, 1.165) is 5.56 Å². The van der Waals surface area contributed by atoms with Crippen molar-refractivity contribution in [2.75, 3.05) is 19.8 Å². The van der Waals surface area contributed by atoms with Crippen LogP contribution < -0.4 is 5.73 Å². The summed E-state index contributed by atoms with van der Waals surface area (Å²) in [7, 11) is 3.36. The van der Waals surface area contributed by atoms with Gasteiger partial charge in [0.05, 0.1) is 12.3 Å². The first kappa shape index (κ1) is 17.3. The van der Waals surface area contributed by atoms with Crippen molar-refractivity contribution in [3.05, 3.63) is 35.9 Å². The van der Waals surface area contributed by atoms with Crippen LogP contribution in [0.3, 0.4) is 0 Å². The second-order valence-electron chi connectivity index (χ2n) is 5.94. The molecule has 0 radical (unpaired) electrons. The van der Waals surface area contributed by atoms with Crippen LogP contribution in [-0.2, 0) is 16.1 Å². The van der Waals surface area contributed by atoms with Gasteiger partial charge in [0.2, 0.25) is 5.91 Å². The number of nitrogens with two attached hydrogens (primary N) is 1. The Morgan fingerprint density at radius 3 is 2.52 bits per heavy atom. The van der Waals surface area contributed by atoms with Gasteiger partial charge in [-0.1, -0.05) is 42.1 Å². The van der Waals surface area contributed by atoms with Gasteiger partial charge in [-0.15, -0.1) is 0 Å². The van der Waals surface area contributed by atoms with Gasteiger partial charge in [0.25, 0.3) is 5.91 Å². The number of carbonyl (C=O) groups excluding carboxylic acids is 3. The number of amidine groups is 1. The molecule has 0 aliphatic carbocycles. The minimum Gasteiger partial charge on any atom is -0.369 e. The molecule has 132 valence electrons. The van der Waals surface area contributed by atoms with Crippen LogP contribution in [0.5, 0.6) is 0 Å². The Kier molecular flexibility index (Phi) is 4.67. The second-order valence-corrected chi connectivity index (χ2v) is 6.88. The molecule has 2 N–H and O–H groups in total. The Morgan fingerprint density at radius 1 is 1.20 bits per heavy atom. The molecule has 8 nitrogen and oxygen atoms in total. The highest BCUT2D eigenvalue weighted by Crippen LogP contribution is 2.30. The minimum absolute atomic E-state index is 0.0716. The van der Waals surface area contributed by atoms with E-state index in [9.17, 15) is 14.4 Å². The van der Waals surface area contributed by atoms with Crippen molar-refractivity contribution in [1.82, 2.24) is 14.7 Å². The van der Waals surface area contributed by atoms with Crippen LogP contribution in [0.25, 0.3) is 0 Å². The van der Waals surface area contributed by atoms with E-state index >= 15 is 0 Å². The third-order valence-electron chi connectivity index (χ3n) is 4.22. The molecule has 1 saturated heterocycles. The Labute approximate surface area is 149 Å². The number of carbonyl (C=O) groups is 3. The fraction of sp³-hybridized carbons (Fsp3) is 0.375. The lowest BCUT2D eigenvalue weighted by atomic mass is 10.1. The number of urea groups is 1. The first-order valence-electron chi connectivity index (χ1n) is 7.74. The molecule has 0 spiro atoms. The smallest absolute Gasteiger partial charge is 0.328 e. The largest absolute Gasteiger partial charge is 0.369 e. The standard InChI is InChI=1S/C16H19N5O3S/c1-19-12-13(18-15(19)25-9-11(17)22)20(2)16(24)21(14(12)23)8-10-6-4-3-5-7-10/h3-7,12-13H,8-9H2,1-2H3,(H2,17,22). The molecule has 1 aromatic rings. The van der Waals surface area contributed by atoms with Gasteiger partial charge in [0.15, 0.2) is 17.4 Å². The molecule has 2 aliphatic rings. The van der Waals surface area contributed by atoms with E-state index in [1.807, 2.05) is 30.3 Å². The number of nitrogens with zero attached hydrogens (tertiary/aromatic N) is 4. The summed E-state index contributed by atoms with van der Waals surface area (Å²) in [5.74, 6) is -0.683. The number of fused-ring (bicyclic) bond motifs is 1. The van der Waals surface area contributed by atoms with Gasteiger partial charge >= 0.3 is 6.03 Å². The Balaban J connectivity index is 1.82. The predicted octanol–water partition coefficient (Wildman–Crippen LogP) is 0.295. The molecule has 2 aliphatic heterocycles. The number of hydrogen-bond acceptors (Lipinski definition) is 6. The van der Waals surface area contributed by atoms with E-state index < -0.39 is 18.1 Å². The maximum Gasteiger partial charge on any atom is 0.328 e. The van der Waals surface area contributed by atoms with E-state index in [2.05, 4.69) is 4.99 Å². The molecular weight excluding hydrogens is 342 g/mol. The van der Waals surface area contributed by atoms with E-state index in [0.29, 0.717) is 5.17 Å². The number of imide groups is 1. The van der Waals surface area contributed by atoms with Gasteiger partial charge in [-0.25, -0.2) is 9.79 Å². The predicted molar refractivity (Wildman–Crippen MR) is 94.6 cm³/mol. The number of hydrogen-bond donors (Lipinski definition) is 1. The molecule has 9 heteroatoms. The highest BCUT2D eigenvalue weighted by molar-refractivity contribution is 8.14. The number of amides is 4. The van der Waals surface area contributed by atoms with Crippen LogP contribution in [0.2, 0.25) is 0 Å². The molecule has 0 bridgehead atoms. The Morgan fingerprint density at radius 2 is 1.88 bits per heavy atom. The average molecular weight is 361 g/mol. The van der Waals surface area contributed by atoms with Crippen molar-refractivity contribution in [3.63, 3.8) is 0 Å². The molecule has 0 saturated carbocycles. The Bertz CT molecular complexity index is 739. The topological polar surface area (TPSA) is 99.3 Å². The van der Waals surface area contributed by atoms with Gasteiger partial charge in [-0.3, -0.25) is 14.5 Å². The summed E-state index contributed by atoms with van der Waals surface area (Å²) >= 11 is 1.17. The van der Waals surface area contributed by atoms with E-state index in [1.165, 1.54) is 21.6 Å². The van der Waals surface area contributed by atoms with Gasteiger partial charge in [-0.05, 0) is 5.56 Å². The molecule has 2 atom stereocenters. The summed E-state index contributed by atoms with van der Waals surface area (Å²) in [5, 5.41) is 0.531. The normalized spacial score (nSPS) is 23.0. The van der Waals surface area contributed by atoms with Crippen LogP contribution in [0.4, 0.5) is 4.79 Å². The molecule has 2 unspecified atom stereocenters. The number of aliphatic imine (C=N–C) groups is 1. The van der Waals surface area contributed by atoms with Crippen LogP contribution in [0, 0.1) is 0 Å². The summed E-state index contributed by atoms with van der Waals surface area (Å²) in [6.45, 7) is 0.212. The maximum atomic E-state index is 12.9. The molecule has 25 heavy (non-hydrogen) atoms. The van der Waals surface area contributed by atoms with Gasteiger partial charge in [0, 0.05) is 14.1 Å². The highest BCUT2D eigenvalue weighted by Gasteiger charge is 2.50. The Hall–Kier alpha value is -2.55. The summed E-state index contributed by atoms with van der Waals surface area (Å²) < 4.78 is 0. The third-order valence-corrected chi connectivity index (χ3v) is 5.30. The van der Waals surface area contributed by atoms with E-state index in [-0.39, 0.29) is 24.2 Å². The van der Waals surface area contributed by atoms with Crippen LogP contribution in [-0.4, -0.2) is 69.8 Å². The number of primary amides is 1. The summed E-state index contributed by atoms with van der Waals surface area (Å²) in [5.41, 5.74) is 6.05. The first-order valence-corrected chi connectivity index (χ1v) is 8.72. The number of benzene rings is 1. The molecule has 2 heterocycles. The molecule has 0 aromatic heterocycles. The zero-order valence-corrected chi connectivity index (χ0v) is 14.8.